The Morgan fingerprint density at radius 2 is 1.90 bits per heavy atom. The van der Waals surface area contributed by atoms with E-state index in [4.69, 9.17) is 5.73 Å². The molecule has 20 heavy (non-hydrogen) atoms. The van der Waals surface area contributed by atoms with Crippen LogP contribution < -0.4 is 5.73 Å². The standard InChI is InChI=1S/C13H15N3O2S2/c14-9-11-1-3-12(4-2-11)20(17,18)8-7-19-13-5-6-15-10-16-13/h1-6,10H,7-9,14H2. The third kappa shape index (κ3) is 4.03. The Labute approximate surface area is 122 Å². The van der Waals surface area contributed by atoms with E-state index in [-0.39, 0.29) is 5.75 Å². The monoisotopic (exact) mass is 309 g/mol. The minimum absolute atomic E-state index is 0.0731. The van der Waals surface area contributed by atoms with E-state index in [1.54, 1.807) is 36.5 Å². The molecule has 106 valence electrons. The lowest BCUT2D eigenvalue weighted by atomic mass is 10.2. The second kappa shape index (κ2) is 6.83. The van der Waals surface area contributed by atoms with Crippen molar-refractivity contribution in [1.82, 2.24) is 9.97 Å². The maximum absolute atomic E-state index is 12.1. The van der Waals surface area contributed by atoms with Gasteiger partial charge in [-0.05, 0) is 23.8 Å². The van der Waals surface area contributed by atoms with E-state index in [1.165, 1.54) is 18.1 Å². The van der Waals surface area contributed by atoms with Crippen LogP contribution in [0.1, 0.15) is 5.56 Å². The first-order chi connectivity index (χ1) is 9.62. The van der Waals surface area contributed by atoms with E-state index in [0.717, 1.165) is 10.6 Å². The molecule has 2 N–H and O–H groups in total. The molecule has 7 heteroatoms. The molecule has 1 heterocycles. The van der Waals surface area contributed by atoms with Crippen LogP contribution in [-0.4, -0.2) is 29.9 Å². The summed E-state index contributed by atoms with van der Waals surface area (Å²) in [4.78, 5) is 8.18. The molecule has 2 aromatic rings. The second-order valence-electron chi connectivity index (χ2n) is 4.06. The lowest BCUT2D eigenvalue weighted by Gasteiger charge is -2.05. The molecular weight excluding hydrogens is 294 g/mol. The highest BCUT2D eigenvalue weighted by Gasteiger charge is 2.14. The Balaban J connectivity index is 1.96. The summed E-state index contributed by atoms with van der Waals surface area (Å²) in [6.45, 7) is 0.407. The highest BCUT2D eigenvalue weighted by Crippen LogP contribution is 2.17. The van der Waals surface area contributed by atoms with Gasteiger partial charge in [-0.25, -0.2) is 18.4 Å². The summed E-state index contributed by atoms with van der Waals surface area (Å²) in [5.41, 5.74) is 6.40. The number of sulfone groups is 1. The van der Waals surface area contributed by atoms with Crippen LogP contribution in [-0.2, 0) is 16.4 Å². The van der Waals surface area contributed by atoms with Crippen molar-refractivity contribution in [3.8, 4) is 0 Å². The van der Waals surface area contributed by atoms with Crippen molar-refractivity contribution in [2.45, 2.75) is 16.5 Å². The molecule has 0 amide bonds. The number of aromatic nitrogens is 2. The molecule has 0 aliphatic heterocycles. The first-order valence-electron chi connectivity index (χ1n) is 6.02. The molecular formula is C13H15N3O2S2. The largest absolute Gasteiger partial charge is 0.326 e. The summed E-state index contributed by atoms with van der Waals surface area (Å²) in [5.74, 6) is 0.529. The Morgan fingerprint density at radius 1 is 1.15 bits per heavy atom. The van der Waals surface area contributed by atoms with Gasteiger partial charge in [0.25, 0.3) is 0 Å². The fourth-order valence-corrected chi connectivity index (χ4v) is 4.06. The van der Waals surface area contributed by atoms with Crippen LogP contribution in [0.3, 0.4) is 0 Å². The Kier molecular flexibility index (Phi) is 5.11. The maximum Gasteiger partial charge on any atom is 0.179 e. The number of hydrogen-bond acceptors (Lipinski definition) is 6. The van der Waals surface area contributed by atoms with Gasteiger partial charge in [-0.1, -0.05) is 12.1 Å². The van der Waals surface area contributed by atoms with Crippen LogP contribution in [0.15, 0.2) is 52.8 Å². The highest BCUT2D eigenvalue weighted by molar-refractivity contribution is 8.00. The average molecular weight is 309 g/mol. The second-order valence-corrected chi connectivity index (χ2v) is 7.29. The van der Waals surface area contributed by atoms with Crippen molar-refractivity contribution in [2.75, 3.05) is 11.5 Å². The third-order valence-corrected chi connectivity index (χ3v) is 5.61. The van der Waals surface area contributed by atoms with Gasteiger partial charge >= 0.3 is 0 Å². The summed E-state index contributed by atoms with van der Waals surface area (Å²) < 4.78 is 24.3. The van der Waals surface area contributed by atoms with E-state index in [1.807, 2.05) is 0 Å². The number of benzene rings is 1. The fourth-order valence-electron chi connectivity index (χ4n) is 1.57. The number of rotatable bonds is 6. The van der Waals surface area contributed by atoms with Gasteiger partial charge in [-0.3, -0.25) is 0 Å². The van der Waals surface area contributed by atoms with Crippen molar-refractivity contribution >= 4 is 21.6 Å². The van der Waals surface area contributed by atoms with Crippen LogP contribution in [0.2, 0.25) is 0 Å². The zero-order valence-corrected chi connectivity index (χ0v) is 12.4. The average Bonchev–Trinajstić information content (AvgIpc) is 2.48. The smallest absolute Gasteiger partial charge is 0.179 e. The number of nitrogens with zero attached hydrogens (tertiary/aromatic N) is 2. The fraction of sp³-hybridized carbons (Fsp3) is 0.231. The van der Waals surface area contributed by atoms with E-state index in [0.29, 0.717) is 17.2 Å². The van der Waals surface area contributed by atoms with E-state index < -0.39 is 9.84 Å². The van der Waals surface area contributed by atoms with Crippen molar-refractivity contribution < 1.29 is 8.42 Å². The van der Waals surface area contributed by atoms with Crippen LogP contribution >= 0.6 is 11.8 Å². The predicted octanol–water partition coefficient (Wildman–Crippen LogP) is 1.50. The molecule has 0 spiro atoms. The first-order valence-corrected chi connectivity index (χ1v) is 8.66. The Morgan fingerprint density at radius 3 is 2.50 bits per heavy atom. The highest BCUT2D eigenvalue weighted by atomic mass is 32.2. The summed E-state index contributed by atoms with van der Waals surface area (Å²) in [6, 6.07) is 8.45. The molecule has 0 bridgehead atoms. The van der Waals surface area contributed by atoms with Gasteiger partial charge in [0.15, 0.2) is 9.84 Å². The quantitative estimate of drug-likeness (QED) is 0.643. The van der Waals surface area contributed by atoms with Crippen LogP contribution in [0.25, 0.3) is 0 Å². The van der Waals surface area contributed by atoms with Crippen molar-refractivity contribution in [1.29, 1.82) is 0 Å². The SMILES string of the molecule is NCc1ccc(S(=O)(=O)CCSc2ccncn2)cc1. The minimum Gasteiger partial charge on any atom is -0.326 e. The lowest BCUT2D eigenvalue weighted by Crippen LogP contribution is -2.09. The van der Waals surface area contributed by atoms with Crippen molar-refractivity contribution in [2.24, 2.45) is 5.73 Å². The topological polar surface area (TPSA) is 85.9 Å². The molecule has 1 aromatic heterocycles. The summed E-state index contributed by atoms with van der Waals surface area (Å²) >= 11 is 1.40. The molecule has 0 aliphatic rings. The molecule has 1 aromatic carbocycles. The van der Waals surface area contributed by atoms with Gasteiger partial charge in [-0.2, -0.15) is 0 Å². The number of nitrogens with two attached hydrogens (primary N) is 1. The molecule has 0 unspecified atom stereocenters. The predicted molar refractivity (Wildman–Crippen MR) is 79.1 cm³/mol. The van der Waals surface area contributed by atoms with E-state index in [2.05, 4.69) is 9.97 Å². The van der Waals surface area contributed by atoms with Gasteiger partial charge in [-0.15, -0.1) is 11.8 Å². The van der Waals surface area contributed by atoms with Gasteiger partial charge in [0, 0.05) is 18.5 Å². The normalized spacial score (nSPS) is 11.4. The molecule has 2 rings (SSSR count). The summed E-state index contributed by atoms with van der Waals surface area (Å²) in [5, 5.41) is 0.772. The molecule has 0 fully saturated rings. The van der Waals surface area contributed by atoms with Crippen LogP contribution in [0, 0.1) is 0 Å². The minimum atomic E-state index is -3.26. The van der Waals surface area contributed by atoms with E-state index in [9.17, 15) is 8.42 Å². The molecule has 0 radical (unpaired) electrons. The number of thioether (sulfide) groups is 1. The molecule has 0 aliphatic carbocycles. The third-order valence-electron chi connectivity index (χ3n) is 2.67. The Hall–Kier alpha value is -1.44. The van der Waals surface area contributed by atoms with Crippen molar-refractivity contribution in [3.63, 3.8) is 0 Å². The summed E-state index contributed by atoms with van der Waals surface area (Å²) in [6.07, 6.45) is 3.08. The summed E-state index contributed by atoms with van der Waals surface area (Å²) in [7, 11) is -3.26. The number of hydrogen-bond donors (Lipinski definition) is 1. The van der Waals surface area contributed by atoms with Gasteiger partial charge in [0.2, 0.25) is 0 Å². The molecule has 5 nitrogen and oxygen atoms in total. The molecule has 0 atom stereocenters. The lowest BCUT2D eigenvalue weighted by molar-refractivity contribution is 0.597. The zero-order valence-electron chi connectivity index (χ0n) is 10.8. The van der Waals surface area contributed by atoms with Gasteiger partial charge < -0.3 is 5.73 Å². The molecule has 0 saturated carbocycles. The first kappa shape index (κ1) is 15.0. The van der Waals surface area contributed by atoms with Gasteiger partial charge in [0.1, 0.15) is 6.33 Å². The van der Waals surface area contributed by atoms with Crippen LogP contribution in [0.4, 0.5) is 0 Å². The Bertz CT molecular complexity index is 643. The maximum atomic E-state index is 12.1. The van der Waals surface area contributed by atoms with Crippen LogP contribution in [0.5, 0.6) is 0 Å². The zero-order chi connectivity index (χ0) is 14.4. The molecule has 0 saturated heterocycles. The van der Waals surface area contributed by atoms with E-state index >= 15 is 0 Å². The van der Waals surface area contributed by atoms with Gasteiger partial charge in [0.05, 0.1) is 15.7 Å². The van der Waals surface area contributed by atoms with Crippen molar-refractivity contribution in [3.05, 3.63) is 48.4 Å².